The van der Waals surface area contributed by atoms with E-state index in [2.05, 4.69) is 5.32 Å². The van der Waals surface area contributed by atoms with Crippen LogP contribution >= 0.6 is 0 Å². The second-order valence-electron chi connectivity index (χ2n) is 6.08. The fourth-order valence-corrected chi connectivity index (χ4v) is 3.00. The van der Waals surface area contributed by atoms with E-state index in [-0.39, 0.29) is 5.78 Å². The number of hydrogen-bond acceptors (Lipinski definition) is 3. The van der Waals surface area contributed by atoms with E-state index < -0.39 is 0 Å². The van der Waals surface area contributed by atoms with Gasteiger partial charge in [0.05, 0.1) is 0 Å². The van der Waals surface area contributed by atoms with Gasteiger partial charge in [0, 0.05) is 23.5 Å². The molecule has 0 unspecified atom stereocenters. The van der Waals surface area contributed by atoms with Crippen molar-refractivity contribution in [3.63, 3.8) is 0 Å². The van der Waals surface area contributed by atoms with Gasteiger partial charge in [0.1, 0.15) is 0 Å². The molecule has 3 rings (SSSR count). The summed E-state index contributed by atoms with van der Waals surface area (Å²) in [5, 5.41) is 3.50. The highest BCUT2D eigenvalue weighted by atomic mass is 16.1. The van der Waals surface area contributed by atoms with Crippen molar-refractivity contribution in [1.82, 2.24) is 0 Å². The van der Waals surface area contributed by atoms with Crippen LogP contribution < -0.4 is 11.1 Å². The van der Waals surface area contributed by atoms with Gasteiger partial charge in [0.2, 0.25) is 0 Å². The van der Waals surface area contributed by atoms with Gasteiger partial charge in [0.15, 0.2) is 5.78 Å². The number of Topliss-reactive ketones (excluding diaryl/α,β-unsaturated/α-hetero) is 1. The third kappa shape index (κ3) is 2.91. The first-order valence-corrected chi connectivity index (χ1v) is 7.29. The van der Waals surface area contributed by atoms with Gasteiger partial charge in [-0.3, -0.25) is 4.79 Å². The Bertz CT molecular complexity index is 478. The minimum absolute atomic E-state index is 0.0258. The van der Waals surface area contributed by atoms with Gasteiger partial charge < -0.3 is 11.1 Å². The second kappa shape index (κ2) is 4.87. The number of carbonyl (C=O) groups is 1. The summed E-state index contributed by atoms with van der Waals surface area (Å²) >= 11 is 0. The first-order valence-electron chi connectivity index (χ1n) is 7.29. The smallest absolute Gasteiger partial charge is 0.161 e. The molecule has 0 radical (unpaired) electrons. The van der Waals surface area contributed by atoms with Crippen LogP contribution in [0.2, 0.25) is 0 Å². The predicted molar refractivity (Wildman–Crippen MR) is 78.3 cm³/mol. The van der Waals surface area contributed by atoms with Crippen LogP contribution in [-0.2, 0) is 0 Å². The molecule has 0 bridgehead atoms. The van der Waals surface area contributed by atoms with Gasteiger partial charge in [0.25, 0.3) is 0 Å². The van der Waals surface area contributed by atoms with Crippen molar-refractivity contribution < 1.29 is 4.79 Å². The summed E-state index contributed by atoms with van der Waals surface area (Å²) < 4.78 is 0. The maximum atomic E-state index is 11.3. The van der Waals surface area contributed by atoms with E-state index >= 15 is 0 Å². The maximum Gasteiger partial charge on any atom is 0.161 e. The van der Waals surface area contributed by atoms with Crippen LogP contribution in [-0.4, -0.2) is 12.3 Å². The quantitative estimate of drug-likeness (QED) is 0.608. The third-order valence-electron chi connectivity index (χ3n) is 4.43. The van der Waals surface area contributed by atoms with Crippen LogP contribution in [0.5, 0.6) is 0 Å². The molecule has 102 valence electrons. The number of nitrogen functional groups attached to an aromatic ring is 1. The number of ketones is 1. The van der Waals surface area contributed by atoms with Crippen molar-refractivity contribution in [3.05, 3.63) is 23.8 Å². The molecular formula is C16H22N2O. The molecule has 3 nitrogen and oxygen atoms in total. The van der Waals surface area contributed by atoms with E-state index in [1.165, 1.54) is 25.7 Å². The Morgan fingerprint density at radius 1 is 1.32 bits per heavy atom. The predicted octanol–water partition coefficient (Wildman–Crippen LogP) is 3.32. The Kier molecular flexibility index (Phi) is 3.21. The minimum atomic E-state index is 0.0258. The molecule has 2 saturated carbocycles. The molecule has 3 heteroatoms. The van der Waals surface area contributed by atoms with Crippen molar-refractivity contribution >= 4 is 17.2 Å². The number of carbonyl (C=O) groups excluding carboxylic acids is 1. The van der Waals surface area contributed by atoms with Gasteiger partial charge >= 0.3 is 0 Å². The highest BCUT2D eigenvalue weighted by molar-refractivity contribution is 5.99. The number of benzene rings is 1. The molecule has 1 aromatic carbocycles. The van der Waals surface area contributed by atoms with E-state index in [0.29, 0.717) is 11.3 Å². The van der Waals surface area contributed by atoms with Gasteiger partial charge in [-0.05, 0) is 68.6 Å². The summed E-state index contributed by atoms with van der Waals surface area (Å²) in [6.45, 7) is 2.60. The van der Waals surface area contributed by atoms with Crippen molar-refractivity contribution in [2.24, 2.45) is 17.8 Å². The first-order chi connectivity index (χ1) is 9.15. The van der Waals surface area contributed by atoms with Crippen LogP contribution in [0.25, 0.3) is 0 Å². The molecule has 0 atom stereocenters. The SMILES string of the molecule is CC(=O)c1ccc(NCC(C2CC2)C2CC2)cc1N. The highest BCUT2D eigenvalue weighted by Gasteiger charge is 2.40. The Morgan fingerprint density at radius 3 is 2.42 bits per heavy atom. The molecule has 2 aliphatic rings. The largest absolute Gasteiger partial charge is 0.398 e. The van der Waals surface area contributed by atoms with Crippen LogP contribution in [0.4, 0.5) is 11.4 Å². The number of rotatable bonds is 6. The third-order valence-corrected chi connectivity index (χ3v) is 4.43. The molecule has 0 aromatic heterocycles. The molecule has 0 saturated heterocycles. The summed E-state index contributed by atoms with van der Waals surface area (Å²) in [7, 11) is 0. The lowest BCUT2D eigenvalue weighted by atomic mass is 9.98. The average Bonchev–Trinajstić information content (AvgIpc) is 3.23. The van der Waals surface area contributed by atoms with Crippen molar-refractivity contribution in [2.75, 3.05) is 17.6 Å². The molecule has 0 amide bonds. The average molecular weight is 258 g/mol. The molecule has 0 heterocycles. The van der Waals surface area contributed by atoms with Crippen molar-refractivity contribution in [3.8, 4) is 0 Å². The van der Waals surface area contributed by atoms with E-state index in [9.17, 15) is 4.79 Å². The van der Waals surface area contributed by atoms with Gasteiger partial charge in [-0.25, -0.2) is 0 Å². The minimum Gasteiger partial charge on any atom is -0.398 e. The Labute approximate surface area is 114 Å². The lowest BCUT2D eigenvalue weighted by molar-refractivity contribution is 0.101. The standard InChI is InChI=1S/C16H22N2O/c1-10(19)14-7-6-13(8-16(14)17)18-9-15(11-2-3-11)12-4-5-12/h6-8,11-12,15,18H,2-5,9,17H2,1H3. The summed E-state index contributed by atoms with van der Waals surface area (Å²) in [5.74, 6) is 2.77. The van der Waals surface area contributed by atoms with E-state index in [0.717, 1.165) is 30.0 Å². The van der Waals surface area contributed by atoms with Crippen LogP contribution in [0, 0.1) is 17.8 Å². The molecule has 0 spiro atoms. The lowest BCUT2D eigenvalue weighted by Crippen LogP contribution is -2.18. The van der Waals surface area contributed by atoms with Crippen molar-refractivity contribution in [1.29, 1.82) is 0 Å². The van der Waals surface area contributed by atoms with E-state index in [1.807, 2.05) is 18.2 Å². The van der Waals surface area contributed by atoms with E-state index in [1.54, 1.807) is 6.92 Å². The van der Waals surface area contributed by atoms with Crippen LogP contribution in [0.1, 0.15) is 43.0 Å². The number of nitrogens with two attached hydrogens (primary N) is 1. The normalized spacial score (nSPS) is 18.6. The zero-order valence-corrected chi connectivity index (χ0v) is 11.5. The molecule has 0 aliphatic heterocycles. The Balaban J connectivity index is 1.63. The van der Waals surface area contributed by atoms with Gasteiger partial charge in [-0.1, -0.05) is 0 Å². The molecule has 2 fully saturated rings. The molecule has 1 aromatic rings. The zero-order valence-electron chi connectivity index (χ0n) is 11.5. The van der Waals surface area contributed by atoms with Gasteiger partial charge in [-0.2, -0.15) is 0 Å². The fraction of sp³-hybridized carbons (Fsp3) is 0.562. The van der Waals surface area contributed by atoms with E-state index in [4.69, 9.17) is 5.73 Å². The number of anilines is 2. The second-order valence-corrected chi connectivity index (χ2v) is 6.08. The fourth-order valence-electron chi connectivity index (χ4n) is 3.00. The Morgan fingerprint density at radius 2 is 1.95 bits per heavy atom. The molecule has 19 heavy (non-hydrogen) atoms. The van der Waals surface area contributed by atoms with Crippen LogP contribution in [0.3, 0.4) is 0 Å². The topological polar surface area (TPSA) is 55.1 Å². The lowest BCUT2D eigenvalue weighted by Gasteiger charge is -2.17. The summed E-state index contributed by atoms with van der Waals surface area (Å²) in [5.41, 5.74) is 8.14. The highest BCUT2D eigenvalue weighted by Crippen LogP contribution is 2.49. The number of nitrogens with one attached hydrogen (secondary N) is 1. The van der Waals surface area contributed by atoms with Gasteiger partial charge in [-0.15, -0.1) is 0 Å². The van der Waals surface area contributed by atoms with Crippen LogP contribution in [0.15, 0.2) is 18.2 Å². The van der Waals surface area contributed by atoms with Crippen molar-refractivity contribution in [2.45, 2.75) is 32.6 Å². The zero-order chi connectivity index (χ0) is 13.4. The summed E-state index contributed by atoms with van der Waals surface area (Å²) in [6, 6.07) is 5.67. The molecule has 2 aliphatic carbocycles. The summed E-state index contributed by atoms with van der Waals surface area (Å²) in [4.78, 5) is 11.3. The molecular weight excluding hydrogens is 236 g/mol. The Hall–Kier alpha value is -1.51. The number of hydrogen-bond donors (Lipinski definition) is 2. The summed E-state index contributed by atoms with van der Waals surface area (Å²) in [6.07, 6.45) is 5.64. The monoisotopic (exact) mass is 258 g/mol. The molecule has 3 N–H and O–H groups in total. The first kappa shape index (κ1) is 12.5. The maximum absolute atomic E-state index is 11.3.